The van der Waals surface area contributed by atoms with E-state index in [1.807, 2.05) is 24.3 Å². The molecule has 4 nitrogen and oxygen atoms in total. The lowest BCUT2D eigenvalue weighted by Crippen LogP contribution is -2.35. The smallest absolute Gasteiger partial charge is 0.220 e. The minimum Gasteiger partial charge on any atom is -0.399 e. The van der Waals surface area contributed by atoms with Gasteiger partial charge in [-0.15, -0.1) is 0 Å². The van der Waals surface area contributed by atoms with Crippen LogP contribution in [0.5, 0.6) is 0 Å². The summed E-state index contributed by atoms with van der Waals surface area (Å²) in [6.07, 6.45) is 2.41. The van der Waals surface area contributed by atoms with E-state index in [1.165, 1.54) is 0 Å². The molecule has 4 heteroatoms. The molecule has 0 saturated heterocycles. The fraction of sp³-hybridized carbons (Fsp3) is 0.562. The maximum absolute atomic E-state index is 11.8. The van der Waals surface area contributed by atoms with Crippen molar-refractivity contribution in [3.05, 3.63) is 29.8 Å². The van der Waals surface area contributed by atoms with Crippen molar-refractivity contribution in [2.24, 2.45) is 0 Å². The molecule has 20 heavy (non-hydrogen) atoms. The summed E-state index contributed by atoms with van der Waals surface area (Å²) < 4.78 is 0. The molecule has 1 amide bonds. The molecular weight excluding hydrogens is 250 g/mol. The van der Waals surface area contributed by atoms with Gasteiger partial charge in [-0.25, -0.2) is 0 Å². The van der Waals surface area contributed by atoms with E-state index in [4.69, 9.17) is 5.73 Å². The molecule has 1 aromatic rings. The fourth-order valence-electron chi connectivity index (χ4n) is 2.19. The number of hydrogen-bond acceptors (Lipinski definition) is 3. The largest absolute Gasteiger partial charge is 0.399 e. The molecule has 0 atom stereocenters. The number of likely N-dealkylation sites (N-methyl/N-ethyl adjacent to an activating group) is 1. The first-order valence-corrected chi connectivity index (χ1v) is 7.49. The van der Waals surface area contributed by atoms with Crippen LogP contribution in [-0.2, 0) is 11.2 Å². The second-order valence-electron chi connectivity index (χ2n) is 5.03. The fourth-order valence-corrected chi connectivity index (χ4v) is 2.19. The molecule has 0 spiro atoms. The maximum atomic E-state index is 11.8. The summed E-state index contributed by atoms with van der Waals surface area (Å²) in [5.41, 5.74) is 7.58. The first kappa shape index (κ1) is 16.5. The Labute approximate surface area is 122 Å². The normalized spacial score (nSPS) is 10.8. The maximum Gasteiger partial charge on any atom is 0.220 e. The first-order chi connectivity index (χ1) is 9.65. The van der Waals surface area contributed by atoms with E-state index in [9.17, 15) is 4.79 Å². The third-order valence-corrected chi connectivity index (χ3v) is 3.33. The van der Waals surface area contributed by atoms with Crippen LogP contribution < -0.4 is 11.1 Å². The molecule has 0 aromatic heterocycles. The molecule has 0 aliphatic rings. The lowest BCUT2D eigenvalue weighted by molar-refractivity contribution is -0.121. The number of aryl methyl sites for hydroxylation is 1. The van der Waals surface area contributed by atoms with E-state index >= 15 is 0 Å². The number of rotatable bonds is 9. The van der Waals surface area contributed by atoms with Crippen LogP contribution in [-0.4, -0.2) is 37.0 Å². The average Bonchev–Trinajstić information content (AvgIpc) is 2.44. The summed E-state index contributed by atoms with van der Waals surface area (Å²) in [6.45, 7) is 8.10. The van der Waals surface area contributed by atoms with Gasteiger partial charge in [-0.1, -0.05) is 26.0 Å². The lowest BCUT2D eigenvalue weighted by Gasteiger charge is -2.19. The Morgan fingerprint density at radius 3 is 2.75 bits per heavy atom. The zero-order valence-corrected chi connectivity index (χ0v) is 12.7. The molecule has 0 bridgehead atoms. The number of carbonyl (C=O) groups is 1. The Kier molecular flexibility index (Phi) is 7.73. The SMILES string of the molecule is CCCN(CC)CCNC(=O)CCc1cccc(N)c1. The molecule has 0 aliphatic heterocycles. The predicted octanol–water partition coefficient (Wildman–Crippen LogP) is 2.05. The molecule has 0 fully saturated rings. The van der Waals surface area contributed by atoms with E-state index in [2.05, 4.69) is 24.1 Å². The number of benzene rings is 1. The van der Waals surface area contributed by atoms with Gasteiger partial charge in [-0.3, -0.25) is 4.79 Å². The van der Waals surface area contributed by atoms with Crippen molar-refractivity contribution in [3.63, 3.8) is 0 Å². The second-order valence-corrected chi connectivity index (χ2v) is 5.03. The number of amides is 1. The van der Waals surface area contributed by atoms with E-state index in [-0.39, 0.29) is 5.91 Å². The highest BCUT2D eigenvalue weighted by molar-refractivity contribution is 5.76. The van der Waals surface area contributed by atoms with Crippen LogP contribution in [0.2, 0.25) is 0 Å². The summed E-state index contributed by atoms with van der Waals surface area (Å²) in [5, 5.41) is 2.98. The van der Waals surface area contributed by atoms with Crippen LogP contribution in [0.15, 0.2) is 24.3 Å². The summed E-state index contributed by atoms with van der Waals surface area (Å²) in [7, 11) is 0. The van der Waals surface area contributed by atoms with Crippen molar-refractivity contribution in [3.8, 4) is 0 Å². The zero-order chi connectivity index (χ0) is 14.8. The Morgan fingerprint density at radius 1 is 1.30 bits per heavy atom. The average molecular weight is 277 g/mol. The van der Waals surface area contributed by atoms with E-state index in [1.54, 1.807) is 0 Å². The van der Waals surface area contributed by atoms with Gasteiger partial charge in [0.25, 0.3) is 0 Å². The monoisotopic (exact) mass is 277 g/mol. The Balaban J connectivity index is 2.20. The van der Waals surface area contributed by atoms with Gasteiger partial charge in [-0.2, -0.15) is 0 Å². The standard InChI is InChI=1S/C16H27N3O/c1-3-11-19(4-2)12-10-18-16(20)9-8-14-6-5-7-15(17)13-14/h5-7,13H,3-4,8-12,17H2,1-2H3,(H,18,20). The van der Waals surface area contributed by atoms with Crippen molar-refractivity contribution >= 4 is 11.6 Å². The molecule has 1 aromatic carbocycles. The Hall–Kier alpha value is -1.55. The minimum atomic E-state index is 0.111. The van der Waals surface area contributed by atoms with Gasteiger partial charge in [0.2, 0.25) is 5.91 Å². The van der Waals surface area contributed by atoms with Gasteiger partial charge in [0.1, 0.15) is 0 Å². The number of nitrogens with two attached hydrogens (primary N) is 1. The number of anilines is 1. The predicted molar refractivity (Wildman–Crippen MR) is 84.6 cm³/mol. The van der Waals surface area contributed by atoms with Crippen molar-refractivity contribution in [1.82, 2.24) is 10.2 Å². The highest BCUT2D eigenvalue weighted by Gasteiger charge is 2.04. The van der Waals surface area contributed by atoms with Crippen LogP contribution in [0.1, 0.15) is 32.3 Å². The number of nitrogens with one attached hydrogen (secondary N) is 1. The molecule has 0 heterocycles. The third kappa shape index (κ3) is 6.57. The number of hydrogen-bond donors (Lipinski definition) is 2. The van der Waals surface area contributed by atoms with Gasteiger partial charge in [-0.05, 0) is 43.6 Å². The number of nitrogen functional groups attached to an aromatic ring is 1. The van der Waals surface area contributed by atoms with E-state index < -0.39 is 0 Å². The quantitative estimate of drug-likeness (QED) is 0.679. The van der Waals surface area contributed by atoms with Gasteiger partial charge < -0.3 is 16.0 Å². The van der Waals surface area contributed by atoms with Crippen LogP contribution >= 0.6 is 0 Å². The van der Waals surface area contributed by atoms with Crippen LogP contribution in [0.3, 0.4) is 0 Å². The molecule has 0 saturated carbocycles. The topological polar surface area (TPSA) is 58.4 Å². The summed E-state index contributed by atoms with van der Waals surface area (Å²) in [4.78, 5) is 14.1. The minimum absolute atomic E-state index is 0.111. The summed E-state index contributed by atoms with van der Waals surface area (Å²) in [5.74, 6) is 0.111. The number of nitrogens with zero attached hydrogens (tertiary/aromatic N) is 1. The summed E-state index contributed by atoms with van der Waals surface area (Å²) in [6, 6.07) is 7.71. The Bertz CT molecular complexity index is 406. The highest BCUT2D eigenvalue weighted by Crippen LogP contribution is 2.08. The molecule has 0 aliphatic carbocycles. The van der Waals surface area contributed by atoms with Gasteiger partial charge in [0, 0.05) is 25.2 Å². The van der Waals surface area contributed by atoms with Crippen molar-refractivity contribution in [2.75, 3.05) is 31.9 Å². The van der Waals surface area contributed by atoms with Gasteiger partial charge in [0.15, 0.2) is 0 Å². The van der Waals surface area contributed by atoms with Crippen LogP contribution in [0, 0.1) is 0 Å². The number of carbonyl (C=O) groups excluding carboxylic acids is 1. The van der Waals surface area contributed by atoms with Crippen LogP contribution in [0.4, 0.5) is 5.69 Å². The van der Waals surface area contributed by atoms with Gasteiger partial charge >= 0.3 is 0 Å². The summed E-state index contributed by atoms with van der Waals surface area (Å²) >= 11 is 0. The molecular formula is C16H27N3O. The zero-order valence-electron chi connectivity index (χ0n) is 12.7. The van der Waals surface area contributed by atoms with Crippen molar-refractivity contribution in [1.29, 1.82) is 0 Å². The molecule has 0 radical (unpaired) electrons. The molecule has 1 rings (SSSR count). The van der Waals surface area contributed by atoms with E-state index in [0.717, 1.165) is 50.3 Å². The highest BCUT2D eigenvalue weighted by atomic mass is 16.1. The van der Waals surface area contributed by atoms with Crippen molar-refractivity contribution in [2.45, 2.75) is 33.1 Å². The van der Waals surface area contributed by atoms with Gasteiger partial charge in [0.05, 0.1) is 0 Å². The van der Waals surface area contributed by atoms with E-state index in [0.29, 0.717) is 6.42 Å². The second kappa shape index (κ2) is 9.37. The molecule has 112 valence electrons. The molecule has 3 N–H and O–H groups in total. The third-order valence-electron chi connectivity index (χ3n) is 3.33. The van der Waals surface area contributed by atoms with Crippen LogP contribution in [0.25, 0.3) is 0 Å². The first-order valence-electron chi connectivity index (χ1n) is 7.49. The van der Waals surface area contributed by atoms with Crippen molar-refractivity contribution < 1.29 is 4.79 Å². The molecule has 0 unspecified atom stereocenters. The Morgan fingerprint density at radius 2 is 2.10 bits per heavy atom. The lowest BCUT2D eigenvalue weighted by atomic mass is 10.1.